The first-order valence-electron chi connectivity index (χ1n) is 5.76. The summed E-state index contributed by atoms with van der Waals surface area (Å²) in [6.07, 6.45) is 1.51. The van der Waals surface area contributed by atoms with Crippen LogP contribution in [-0.4, -0.2) is 47.2 Å². The monoisotopic (exact) mass is 234 g/mol. The first kappa shape index (κ1) is 10.5. The molecular weight excluding hydrogens is 220 g/mol. The van der Waals surface area contributed by atoms with E-state index in [2.05, 4.69) is 20.2 Å². The number of anilines is 1. The molecule has 0 amide bonds. The Kier molecular flexibility index (Phi) is 2.44. The van der Waals surface area contributed by atoms with Crippen LogP contribution < -0.4 is 10.2 Å². The summed E-state index contributed by atoms with van der Waals surface area (Å²) in [4.78, 5) is 21.2. The van der Waals surface area contributed by atoms with Crippen molar-refractivity contribution < 1.29 is 9.90 Å². The summed E-state index contributed by atoms with van der Waals surface area (Å²) < 4.78 is 0. The van der Waals surface area contributed by atoms with Crippen molar-refractivity contribution in [2.24, 2.45) is 11.8 Å². The van der Waals surface area contributed by atoms with E-state index in [0.29, 0.717) is 17.8 Å². The molecule has 0 radical (unpaired) electrons. The molecule has 1 aromatic rings. The maximum absolute atomic E-state index is 10.8. The molecule has 0 aromatic carbocycles. The van der Waals surface area contributed by atoms with E-state index in [4.69, 9.17) is 5.11 Å². The van der Waals surface area contributed by atoms with Crippen molar-refractivity contribution in [2.45, 2.75) is 0 Å². The van der Waals surface area contributed by atoms with Crippen LogP contribution in [0.2, 0.25) is 0 Å². The van der Waals surface area contributed by atoms with Crippen LogP contribution in [0.3, 0.4) is 0 Å². The van der Waals surface area contributed by atoms with E-state index in [1.54, 1.807) is 0 Å². The normalized spacial score (nSPS) is 27.2. The van der Waals surface area contributed by atoms with Gasteiger partial charge in [-0.05, 0) is 17.9 Å². The molecule has 17 heavy (non-hydrogen) atoms. The van der Waals surface area contributed by atoms with Gasteiger partial charge in [0.25, 0.3) is 0 Å². The van der Waals surface area contributed by atoms with Gasteiger partial charge in [0, 0.05) is 32.4 Å². The fourth-order valence-electron chi connectivity index (χ4n) is 2.64. The van der Waals surface area contributed by atoms with Crippen LogP contribution >= 0.6 is 0 Å². The predicted molar refractivity (Wildman–Crippen MR) is 61.1 cm³/mol. The second-order valence-corrected chi connectivity index (χ2v) is 4.63. The molecule has 2 aliphatic rings. The van der Waals surface area contributed by atoms with Crippen LogP contribution in [0, 0.1) is 11.8 Å². The molecule has 3 heterocycles. The summed E-state index contributed by atoms with van der Waals surface area (Å²) in [6.45, 7) is 3.92. The zero-order valence-corrected chi connectivity index (χ0v) is 9.33. The number of fused-ring (bicyclic) bond motifs is 1. The standard InChI is InChI=1S/C11H14N4O2/c16-10(17)9-1-2-13-11(14-9)15-5-7-3-12-4-8(7)6-15/h1-2,7-8,12H,3-6H2,(H,16,17). The Hall–Kier alpha value is -1.69. The fraction of sp³-hybridized carbons (Fsp3) is 0.545. The van der Waals surface area contributed by atoms with Crippen molar-refractivity contribution in [3.8, 4) is 0 Å². The van der Waals surface area contributed by atoms with Crippen molar-refractivity contribution in [3.63, 3.8) is 0 Å². The molecule has 3 rings (SSSR count). The van der Waals surface area contributed by atoms with E-state index in [1.807, 2.05) is 0 Å². The van der Waals surface area contributed by atoms with Crippen LogP contribution in [0.1, 0.15) is 10.5 Å². The molecule has 90 valence electrons. The topological polar surface area (TPSA) is 78.3 Å². The van der Waals surface area contributed by atoms with Crippen LogP contribution in [-0.2, 0) is 0 Å². The van der Waals surface area contributed by atoms with Crippen molar-refractivity contribution >= 4 is 11.9 Å². The maximum atomic E-state index is 10.8. The van der Waals surface area contributed by atoms with Crippen LogP contribution in [0.5, 0.6) is 0 Å². The van der Waals surface area contributed by atoms with Crippen molar-refractivity contribution in [2.75, 3.05) is 31.1 Å². The summed E-state index contributed by atoms with van der Waals surface area (Å²) >= 11 is 0. The minimum Gasteiger partial charge on any atom is -0.477 e. The van der Waals surface area contributed by atoms with Gasteiger partial charge in [-0.1, -0.05) is 0 Å². The smallest absolute Gasteiger partial charge is 0.354 e. The van der Waals surface area contributed by atoms with Crippen LogP contribution in [0.4, 0.5) is 5.95 Å². The van der Waals surface area contributed by atoms with Gasteiger partial charge < -0.3 is 15.3 Å². The van der Waals surface area contributed by atoms with E-state index in [9.17, 15) is 4.79 Å². The first-order valence-corrected chi connectivity index (χ1v) is 5.76. The fourth-order valence-corrected chi connectivity index (χ4v) is 2.64. The summed E-state index contributed by atoms with van der Waals surface area (Å²) in [6, 6.07) is 1.42. The predicted octanol–water partition coefficient (Wildman–Crippen LogP) is -0.170. The van der Waals surface area contributed by atoms with Crippen LogP contribution in [0.25, 0.3) is 0 Å². The zero-order valence-electron chi connectivity index (χ0n) is 9.33. The van der Waals surface area contributed by atoms with Gasteiger partial charge in [-0.2, -0.15) is 0 Å². The van der Waals surface area contributed by atoms with E-state index in [1.165, 1.54) is 12.3 Å². The number of aromatic carboxylic acids is 1. The lowest BCUT2D eigenvalue weighted by Gasteiger charge is -2.17. The third kappa shape index (κ3) is 1.84. The van der Waals surface area contributed by atoms with Gasteiger partial charge in [-0.25, -0.2) is 14.8 Å². The van der Waals surface area contributed by atoms with Crippen molar-refractivity contribution in [1.82, 2.24) is 15.3 Å². The Balaban J connectivity index is 1.81. The summed E-state index contributed by atoms with van der Waals surface area (Å²) in [7, 11) is 0. The Morgan fingerprint density at radius 1 is 1.41 bits per heavy atom. The quantitative estimate of drug-likeness (QED) is 0.739. The largest absolute Gasteiger partial charge is 0.477 e. The SMILES string of the molecule is O=C(O)c1ccnc(N2CC3CNCC3C2)n1. The average Bonchev–Trinajstić information content (AvgIpc) is 2.89. The lowest BCUT2D eigenvalue weighted by Crippen LogP contribution is -2.27. The highest BCUT2D eigenvalue weighted by Gasteiger charge is 2.37. The highest BCUT2D eigenvalue weighted by atomic mass is 16.4. The molecule has 2 saturated heterocycles. The molecule has 1 aromatic heterocycles. The molecule has 6 heteroatoms. The number of hydrogen-bond donors (Lipinski definition) is 2. The van der Waals surface area contributed by atoms with Crippen LogP contribution in [0.15, 0.2) is 12.3 Å². The molecule has 2 N–H and O–H groups in total. The van der Waals surface area contributed by atoms with E-state index in [-0.39, 0.29) is 5.69 Å². The molecule has 2 atom stereocenters. The Morgan fingerprint density at radius 2 is 2.12 bits per heavy atom. The van der Waals surface area contributed by atoms with E-state index < -0.39 is 5.97 Å². The molecule has 2 unspecified atom stereocenters. The zero-order chi connectivity index (χ0) is 11.8. The van der Waals surface area contributed by atoms with E-state index in [0.717, 1.165) is 26.2 Å². The molecule has 0 saturated carbocycles. The van der Waals surface area contributed by atoms with Gasteiger partial charge in [-0.3, -0.25) is 0 Å². The molecule has 0 aliphatic carbocycles. The molecular formula is C11H14N4O2. The number of carbonyl (C=O) groups is 1. The van der Waals surface area contributed by atoms with Gasteiger partial charge in [0.1, 0.15) is 0 Å². The van der Waals surface area contributed by atoms with Crippen molar-refractivity contribution in [3.05, 3.63) is 18.0 Å². The van der Waals surface area contributed by atoms with Crippen molar-refractivity contribution in [1.29, 1.82) is 0 Å². The van der Waals surface area contributed by atoms with E-state index >= 15 is 0 Å². The third-order valence-electron chi connectivity index (χ3n) is 3.53. The third-order valence-corrected chi connectivity index (χ3v) is 3.53. The molecule has 6 nitrogen and oxygen atoms in total. The minimum atomic E-state index is -1.00. The number of aromatic nitrogens is 2. The molecule has 0 bridgehead atoms. The summed E-state index contributed by atoms with van der Waals surface area (Å²) in [5.41, 5.74) is 0.0604. The summed E-state index contributed by atoms with van der Waals surface area (Å²) in [5.74, 6) is 0.827. The number of nitrogens with zero attached hydrogens (tertiary/aromatic N) is 3. The number of nitrogens with one attached hydrogen (secondary N) is 1. The molecule has 2 aliphatic heterocycles. The van der Waals surface area contributed by atoms with Gasteiger partial charge in [0.05, 0.1) is 0 Å². The first-order chi connectivity index (χ1) is 8.24. The molecule has 0 spiro atoms. The molecule has 2 fully saturated rings. The lowest BCUT2D eigenvalue weighted by molar-refractivity contribution is 0.0690. The Morgan fingerprint density at radius 3 is 2.76 bits per heavy atom. The second-order valence-electron chi connectivity index (χ2n) is 4.63. The number of carboxylic acids is 1. The average molecular weight is 234 g/mol. The summed E-state index contributed by atoms with van der Waals surface area (Å²) in [5, 5.41) is 12.3. The van der Waals surface area contributed by atoms with Gasteiger partial charge in [-0.15, -0.1) is 0 Å². The Labute approximate surface area is 98.7 Å². The second kappa shape index (κ2) is 3.96. The number of rotatable bonds is 2. The van der Waals surface area contributed by atoms with Gasteiger partial charge in [0.15, 0.2) is 5.69 Å². The Bertz CT molecular complexity index is 439. The highest BCUT2D eigenvalue weighted by molar-refractivity contribution is 5.85. The highest BCUT2D eigenvalue weighted by Crippen LogP contribution is 2.28. The lowest BCUT2D eigenvalue weighted by atomic mass is 10.0. The van der Waals surface area contributed by atoms with Gasteiger partial charge >= 0.3 is 5.97 Å². The van der Waals surface area contributed by atoms with Gasteiger partial charge in [0.2, 0.25) is 5.95 Å². The number of carboxylic acid groups (broad SMARTS) is 1. The maximum Gasteiger partial charge on any atom is 0.354 e. The minimum absolute atomic E-state index is 0.0604. The number of hydrogen-bond acceptors (Lipinski definition) is 5.